The molecule has 5 rings (SSSR count). The lowest BCUT2D eigenvalue weighted by molar-refractivity contribution is -0.120. The maximum Gasteiger partial charge on any atom is 0.283 e. The minimum atomic E-state index is -0.635. The largest absolute Gasteiger partial charge is 0.733 e. The van der Waals surface area contributed by atoms with Gasteiger partial charge in [-0.3, -0.25) is 24.9 Å². The summed E-state index contributed by atoms with van der Waals surface area (Å²) in [4.78, 5) is 44.5. The molecule has 0 bridgehead atoms. The van der Waals surface area contributed by atoms with E-state index in [1.54, 1.807) is 48.7 Å². The van der Waals surface area contributed by atoms with Crippen LogP contribution in [-0.4, -0.2) is 27.9 Å². The first-order valence-corrected chi connectivity index (χ1v) is 13.1. The zero-order chi connectivity index (χ0) is 28.6. The van der Waals surface area contributed by atoms with Crippen LogP contribution in [0, 0.1) is 19.1 Å². The summed E-state index contributed by atoms with van der Waals surface area (Å²) in [6.45, 7) is 3.66. The number of halogens is 1. The lowest BCUT2D eigenvalue weighted by Gasteiger charge is -2.21. The number of anilines is 4. The van der Waals surface area contributed by atoms with Gasteiger partial charge in [0.25, 0.3) is 17.7 Å². The molecule has 3 N–H and O–H groups in total. The monoisotopic (exact) mass is 574 g/mol. The fraction of sp³-hybridized carbons (Fsp3) is 0.0714. The van der Waals surface area contributed by atoms with Crippen LogP contribution in [0.2, 0.25) is 0 Å². The first-order valence-electron chi connectivity index (χ1n) is 11.9. The van der Waals surface area contributed by atoms with Crippen LogP contribution in [0.1, 0.15) is 21.5 Å². The third-order valence-electron chi connectivity index (χ3n) is 6.11. The van der Waals surface area contributed by atoms with Gasteiger partial charge in [0.05, 0.1) is 17.1 Å². The summed E-state index contributed by atoms with van der Waals surface area (Å²) in [5.74, 6) is -1.69. The molecule has 202 valence electrons. The number of thiazole rings is 1. The molecule has 10 nitrogen and oxygen atoms in total. The van der Waals surface area contributed by atoms with Crippen LogP contribution in [0.15, 0.2) is 82.8 Å². The number of nitrogens with zero attached hydrogens (tertiary/aromatic N) is 3. The van der Waals surface area contributed by atoms with Crippen molar-refractivity contribution in [3.8, 4) is 11.3 Å². The van der Waals surface area contributed by atoms with Gasteiger partial charge in [-0.05, 0) is 61.4 Å². The first-order chi connectivity index (χ1) is 19.1. The van der Waals surface area contributed by atoms with Gasteiger partial charge in [0.1, 0.15) is 10.7 Å². The van der Waals surface area contributed by atoms with Crippen LogP contribution < -0.4 is 20.8 Å². The van der Waals surface area contributed by atoms with Gasteiger partial charge in [0, 0.05) is 22.2 Å². The Balaban J connectivity index is 1.31. The van der Waals surface area contributed by atoms with E-state index in [0.29, 0.717) is 27.8 Å². The van der Waals surface area contributed by atoms with Crippen molar-refractivity contribution in [1.29, 1.82) is 0 Å². The van der Waals surface area contributed by atoms with Crippen molar-refractivity contribution in [2.75, 3.05) is 20.8 Å². The number of carbonyl (C=O) groups excluding carboxylic acids is 3. The van der Waals surface area contributed by atoms with E-state index in [2.05, 4.69) is 15.6 Å². The molecule has 0 saturated heterocycles. The van der Waals surface area contributed by atoms with Crippen molar-refractivity contribution in [3.05, 3.63) is 105 Å². The number of hydrogen-bond acceptors (Lipinski definition) is 9. The number of carbonyl (C=O) groups is 3. The van der Waals surface area contributed by atoms with E-state index in [4.69, 9.17) is 16.8 Å². The molecule has 0 radical (unpaired) electrons. The van der Waals surface area contributed by atoms with Crippen molar-refractivity contribution in [3.63, 3.8) is 0 Å². The summed E-state index contributed by atoms with van der Waals surface area (Å²) >= 11 is 7.47. The van der Waals surface area contributed by atoms with E-state index in [0.717, 1.165) is 16.0 Å². The van der Waals surface area contributed by atoms with Gasteiger partial charge in [-0.2, -0.15) is 0 Å². The molecule has 0 unspecified atom stereocenters. The molecule has 2 heterocycles. The van der Waals surface area contributed by atoms with Crippen LogP contribution >= 0.6 is 22.9 Å². The zero-order valence-corrected chi connectivity index (χ0v) is 22.7. The Morgan fingerprint density at radius 2 is 1.82 bits per heavy atom. The van der Waals surface area contributed by atoms with Crippen LogP contribution in [-0.2, 0) is 9.59 Å². The van der Waals surface area contributed by atoms with Crippen LogP contribution in [0.4, 0.5) is 22.2 Å². The molecule has 3 aromatic carbocycles. The highest BCUT2D eigenvalue weighted by Crippen LogP contribution is 2.33. The lowest BCUT2D eigenvalue weighted by Crippen LogP contribution is -2.33. The molecule has 0 saturated carbocycles. The quantitative estimate of drug-likeness (QED) is 0.186. The molecular formula is C28H21ClN5O5S-. The predicted octanol–water partition coefficient (Wildman–Crippen LogP) is 5.81. The second-order valence-corrected chi connectivity index (χ2v) is 10.2. The fourth-order valence-electron chi connectivity index (χ4n) is 4.09. The Hall–Kier alpha value is -4.55. The van der Waals surface area contributed by atoms with Crippen molar-refractivity contribution >= 4 is 62.9 Å². The number of hydrogen-bond donors (Lipinski definition) is 3. The highest BCUT2D eigenvalue weighted by molar-refractivity contribution is 7.14. The van der Waals surface area contributed by atoms with E-state index < -0.39 is 17.7 Å². The molecule has 1 aliphatic rings. The highest BCUT2D eigenvalue weighted by Gasteiger charge is 2.39. The predicted molar refractivity (Wildman–Crippen MR) is 154 cm³/mol. The molecule has 12 heteroatoms. The van der Waals surface area contributed by atoms with Gasteiger partial charge >= 0.3 is 0 Å². The van der Waals surface area contributed by atoms with Crippen molar-refractivity contribution in [2.45, 2.75) is 13.8 Å². The fourth-order valence-corrected chi connectivity index (χ4v) is 5.02. The Bertz CT molecular complexity index is 1700. The maximum absolute atomic E-state index is 13.2. The molecule has 0 aliphatic carbocycles. The minimum Gasteiger partial charge on any atom is -0.733 e. The average Bonchev–Trinajstić information content (AvgIpc) is 3.49. The first kappa shape index (κ1) is 27.0. The molecular weight excluding hydrogens is 554 g/mol. The van der Waals surface area contributed by atoms with Gasteiger partial charge < -0.3 is 15.8 Å². The van der Waals surface area contributed by atoms with E-state index in [-0.39, 0.29) is 27.2 Å². The third kappa shape index (κ3) is 5.31. The molecule has 0 spiro atoms. The Morgan fingerprint density at radius 1 is 1.05 bits per heavy atom. The molecule has 1 aromatic heterocycles. The number of nitrogens with one attached hydrogen (secondary N) is 2. The second kappa shape index (κ2) is 10.9. The summed E-state index contributed by atoms with van der Waals surface area (Å²) in [7, 11) is 0. The van der Waals surface area contributed by atoms with Crippen molar-refractivity contribution < 1.29 is 19.6 Å². The summed E-state index contributed by atoms with van der Waals surface area (Å²) in [5.41, 5.74) is 3.80. The second-order valence-electron chi connectivity index (χ2n) is 8.95. The normalized spacial score (nSPS) is 13.2. The molecule has 1 aliphatic heterocycles. The third-order valence-corrected chi connectivity index (χ3v) is 7.22. The number of imide groups is 1. The standard InChI is InChI=1S/C28H21ClN5O5S/c1-15-9-10-16(2)22(11-15)33-26(36)23(29)24(27(33)37)30-19-7-3-6-18(12-19)25(35)32-28-31-21(14-40-28)17-5-4-8-20(13-17)34(38)39/h3-14,30,38H,1-2H3,(H,31,32,35)/q-1. The Morgan fingerprint density at radius 3 is 2.60 bits per heavy atom. The zero-order valence-electron chi connectivity index (χ0n) is 21.1. The smallest absolute Gasteiger partial charge is 0.283 e. The van der Waals surface area contributed by atoms with Gasteiger partial charge in [-0.25, -0.2) is 9.88 Å². The number of benzene rings is 3. The summed E-state index contributed by atoms with van der Waals surface area (Å²) < 4.78 is 0. The van der Waals surface area contributed by atoms with E-state index in [9.17, 15) is 19.6 Å². The van der Waals surface area contributed by atoms with Gasteiger partial charge in [0.2, 0.25) is 0 Å². The van der Waals surface area contributed by atoms with Crippen molar-refractivity contribution in [1.82, 2.24) is 4.98 Å². The van der Waals surface area contributed by atoms with E-state index >= 15 is 0 Å². The molecule has 0 atom stereocenters. The summed E-state index contributed by atoms with van der Waals surface area (Å²) in [6.07, 6.45) is 0. The lowest BCUT2D eigenvalue weighted by atomic mass is 10.1. The Labute approximate surface area is 237 Å². The average molecular weight is 575 g/mol. The van der Waals surface area contributed by atoms with Gasteiger partial charge in [0.15, 0.2) is 5.13 Å². The minimum absolute atomic E-state index is 0.0511. The molecule has 40 heavy (non-hydrogen) atoms. The summed E-state index contributed by atoms with van der Waals surface area (Å²) in [6, 6.07) is 18.1. The van der Waals surface area contributed by atoms with Crippen LogP contribution in [0.5, 0.6) is 0 Å². The SMILES string of the molecule is Cc1ccc(C)c(N2C(=O)C(Cl)=C(Nc3cccc(C(=O)Nc4nc(-c5cccc(N([O-])O)c5)cs4)c3)C2=O)c1. The summed E-state index contributed by atoms with van der Waals surface area (Å²) in [5, 5.41) is 27.5. The maximum atomic E-state index is 13.2. The molecule has 0 fully saturated rings. The number of aromatic nitrogens is 1. The highest BCUT2D eigenvalue weighted by atomic mass is 35.5. The molecule has 4 aromatic rings. The number of aryl methyl sites for hydroxylation is 2. The Kier molecular flexibility index (Phi) is 7.37. The van der Waals surface area contributed by atoms with Gasteiger partial charge in [-0.15, -0.1) is 11.3 Å². The van der Waals surface area contributed by atoms with E-state index in [1.807, 2.05) is 19.1 Å². The van der Waals surface area contributed by atoms with Gasteiger partial charge in [-0.1, -0.05) is 41.9 Å². The number of amides is 3. The molecule has 3 amide bonds. The number of rotatable bonds is 7. The van der Waals surface area contributed by atoms with E-state index in [1.165, 1.54) is 29.5 Å². The topological polar surface area (TPSA) is 138 Å². The van der Waals surface area contributed by atoms with Crippen molar-refractivity contribution in [2.24, 2.45) is 0 Å². The van der Waals surface area contributed by atoms with Crippen LogP contribution in [0.25, 0.3) is 11.3 Å². The van der Waals surface area contributed by atoms with Crippen LogP contribution in [0.3, 0.4) is 0 Å².